The van der Waals surface area contributed by atoms with Gasteiger partial charge in [-0.05, 0) is 11.6 Å². The van der Waals surface area contributed by atoms with E-state index in [2.05, 4.69) is 9.97 Å². The predicted molar refractivity (Wildman–Crippen MR) is 70.0 cm³/mol. The van der Waals surface area contributed by atoms with E-state index >= 15 is 0 Å². The molecule has 98 valence electrons. The topological polar surface area (TPSA) is 63.1 Å². The number of rotatable bonds is 4. The summed E-state index contributed by atoms with van der Waals surface area (Å²) in [5, 5.41) is 9.09. The first-order valence-corrected chi connectivity index (χ1v) is 6.56. The number of benzene rings is 1. The highest BCUT2D eigenvalue weighted by Crippen LogP contribution is 2.23. The van der Waals surface area contributed by atoms with Crippen molar-refractivity contribution in [1.29, 1.82) is 0 Å². The molecule has 0 aliphatic carbocycles. The first-order valence-electron chi connectivity index (χ1n) is 5.20. The number of halogens is 2. The van der Waals surface area contributed by atoms with Gasteiger partial charge in [0.05, 0.1) is 11.2 Å². The van der Waals surface area contributed by atoms with Crippen LogP contribution in [-0.2, 0) is 5.75 Å². The summed E-state index contributed by atoms with van der Waals surface area (Å²) in [5.74, 6) is -1.23. The van der Waals surface area contributed by atoms with Crippen molar-refractivity contribution in [3.05, 3.63) is 52.6 Å². The second kappa shape index (κ2) is 5.99. The highest BCUT2D eigenvalue weighted by molar-refractivity contribution is 7.98. The third-order valence-electron chi connectivity index (χ3n) is 2.24. The molecule has 4 nitrogen and oxygen atoms in total. The van der Waals surface area contributed by atoms with Crippen LogP contribution in [0.15, 0.2) is 35.6 Å². The lowest BCUT2D eigenvalue weighted by molar-refractivity contribution is 0.0689. The van der Waals surface area contributed by atoms with E-state index in [0.717, 1.165) is 11.8 Å². The Kier molecular flexibility index (Phi) is 4.34. The van der Waals surface area contributed by atoms with Crippen LogP contribution in [0.1, 0.15) is 16.1 Å². The van der Waals surface area contributed by atoms with Crippen LogP contribution < -0.4 is 0 Å². The van der Waals surface area contributed by atoms with Crippen molar-refractivity contribution < 1.29 is 14.3 Å². The molecule has 0 unspecified atom stereocenters. The van der Waals surface area contributed by atoms with Gasteiger partial charge in [0.1, 0.15) is 5.82 Å². The average Bonchev–Trinajstić information content (AvgIpc) is 2.39. The van der Waals surface area contributed by atoms with Crippen LogP contribution in [0.5, 0.6) is 0 Å². The standard InChI is InChI=1S/C12H8ClFN2O2S/c13-8-5-15-12(16-10(8)11(17)18)19-6-7-3-1-2-4-9(7)14/h1-5H,6H2,(H,17,18). The average molecular weight is 299 g/mol. The Balaban J connectivity index is 2.14. The molecule has 7 heteroatoms. The molecule has 0 aliphatic rings. The quantitative estimate of drug-likeness (QED) is 0.693. The molecule has 0 spiro atoms. The van der Waals surface area contributed by atoms with Gasteiger partial charge in [0.2, 0.25) is 0 Å². The minimum Gasteiger partial charge on any atom is -0.476 e. The second-order valence-electron chi connectivity index (χ2n) is 3.53. The minimum atomic E-state index is -1.22. The SMILES string of the molecule is O=C(O)c1nc(SCc2ccccc2F)ncc1Cl. The van der Waals surface area contributed by atoms with Crippen molar-refractivity contribution in [1.82, 2.24) is 9.97 Å². The summed E-state index contributed by atoms with van der Waals surface area (Å²) in [5.41, 5.74) is 0.246. The number of hydrogen-bond acceptors (Lipinski definition) is 4. The Hall–Kier alpha value is -1.66. The van der Waals surface area contributed by atoms with E-state index in [-0.39, 0.29) is 21.7 Å². The van der Waals surface area contributed by atoms with Crippen LogP contribution in [0.2, 0.25) is 5.02 Å². The number of aromatic carboxylic acids is 1. The fourth-order valence-corrected chi connectivity index (χ4v) is 2.30. The summed E-state index contributed by atoms with van der Waals surface area (Å²) in [7, 11) is 0. The molecular weight excluding hydrogens is 291 g/mol. The third-order valence-corrected chi connectivity index (χ3v) is 3.43. The minimum absolute atomic E-state index is 0.0252. The summed E-state index contributed by atoms with van der Waals surface area (Å²) in [4.78, 5) is 18.6. The lowest BCUT2D eigenvalue weighted by Crippen LogP contribution is -2.03. The molecule has 2 aromatic rings. The summed E-state index contributed by atoms with van der Waals surface area (Å²) in [6, 6.07) is 6.34. The van der Waals surface area contributed by atoms with Gasteiger partial charge < -0.3 is 5.11 Å². The van der Waals surface area contributed by atoms with Crippen LogP contribution in [-0.4, -0.2) is 21.0 Å². The van der Waals surface area contributed by atoms with E-state index in [4.69, 9.17) is 16.7 Å². The molecule has 0 amide bonds. The van der Waals surface area contributed by atoms with Crippen LogP contribution in [0.25, 0.3) is 0 Å². The van der Waals surface area contributed by atoms with Gasteiger partial charge >= 0.3 is 5.97 Å². The summed E-state index contributed by atoms with van der Waals surface area (Å²) in [6.07, 6.45) is 1.22. The predicted octanol–water partition coefficient (Wildman–Crippen LogP) is 3.26. The Bertz CT molecular complexity index is 624. The normalized spacial score (nSPS) is 10.4. The molecule has 0 radical (unpaired) electrons. The molecular formula is C12H8ClFN2O2S. The van der Waals surface area contributed by atoms with Crippen LogP contribution in [0.3, 0.4) is 0 Å². The zero-order valence-electron chi connectivity index (χ0n) is 9.51. The summed E-state index contributed by atoms with van der Waals surface area (Å²) in [6.45, 7) is 0. The number of thioether (sulfide) groups is 1. The molecule has 0 bridgehead atoms. The maximum Gasteiger partial charge on any atom is 0.356 e. The molecule has 0 aliphatic heterocycles. The molecule has 1 heterocycles. The number of carbonyl (C=O) groups is 1. The zero-order chi connectivity index (χ0) is 13.8. The maximum absolute atomic E-state index is 13.4. The van der Waals surface area contributed by atoms with Crippen molar-refractivity contribution >= 4 is 29.3 Å². The van der Waals surface area contributed by atoms with E-state index in [9.17, 15) is 9.18 Å². The second-order valence-corrected chi connectivity index (χ2v) is 4.88. The highest BCUT2D eigenvalue weighted by atomic mass is 35.5. The Morgan fingerprint density at radius 1 is 1.42 bits per heavy atom. The van der Waals surface area contributed by atoms with Crippen LogP contribution in [0, 0.1) is 5.82 Å². The molecule has 1 N–H and O–H groups in total. The van der Waals surface area contributed by atoms with Crippen LogP contribution >= 0.6 is 23.4 Å². The Labute approximate surface area is 117 Å². The molecule has 0 fully saturated rings. The summed E-state index contributed by atoms with van der Waals surface area (Å²) < 4.78 is 13.4. The monoisotopic (exact) mass is 298 g/mol. The number of carboxylic acid groups (broad SMARTS) is 1. The van der Waals surface area contributed by atoms with Gasteiger partial charge in [-0.1, -0.05) is 41.6 Å². The number of nitrogens with zero attached hydrogens (tertiary/aromatic N) is 2. The molecule has 19 heavy (non-hydrogen) atoms. The van der Waals surface area contributed by atoms with Crippen molar-refractivity contribution in [2.24, 2.45) is 0 Å². The van der Waals surface area contributed by atoms with Gasteiger partial charge in [-0.3, -0.25) is 0 Å². The molecule has 1 aromatic heterocycles. The van der Waals surface area contributed by atoms with E-state index in [0.29, 0.717) is 11.3 Å². The third kappa shape index (κ3) is 3.42. The van der Waals surface area contributed by atoms with Gasteiger partial charge in [-0.25, -0.2) is 19.2 Å². The van der Waals surface area contributed by atoms with Gasteiger partial charge in [0.15, 0.2) is 10.9 Å². The lowest BCUT2D eigenvalue weighted by Gasteiger charge is -2.03. The van der Waals surface area contributed by atoms with Crippen molar-refractivity contribution in [2.45, 2.75) is 10.9 Å². The lowest BCUT2D eigenvalue weighted by atomic mass is 10.2. The maximum atomic E-state index is 13.4. The fourth-order valence-electron chi connectivity index (χ4n) is 1.33. The van der Waals surface area contributed by atoms with E-state index in [1.165, 1.54) is 12.3 Å². The molecule has 2 rings (SSSR count). The first-order chi connectivity index (χ1) is 9.08. The Morgan fingerprint density at radius 3 is 2.84 bits per heavy atom. The van der Waals surface area contributed by atoms with Crippen molar-refractivity contribution in [2.75, 3.05) is 0 Å². The number of hydrogen-bond donors (Lipinski definition) is 1. The van der Waals surface area contributed by atoms with E-state index in [1.807, 2.05) is 0 Å². The Morgan fingerprint density at radius 2 is 2.16 bits per heavy atom. The molecule has 0 saturated heterocycles. The fraction of sp³-hybridized carbons (Fsp3) is 0.0833. The van der Waals surface area contributed by atoms with Gasteiger partial charge in [0, 0.05) is 5.75 Å². The molecule has 0 saturated carbocycles. The van der Waals surface area contributed by atoms with Gasteiger partial charge in [-0.2, -0.15) is 0 Å². The highest BCUT2D eigenvalue weighted by Gasteiger charge is 2.13. The van der Waals surface area contributed by atoms with Crippen molar-refractivity contribution in [3.63, 3.8) is 0 Å². The first kappa shape index (κ1) is 13.8. The molecule has 1 aromatic carbocycles. The smallest absolute Gasteiger partial charge is 0.356 e. The van der Waals surface area contributed by atoms with E-state index in [1.54, 1.807) is 18.2 Å². The molecule has 0 atom stereocenters. The van der Waals surface area contributed by atoms with Crippen LogP contribution in [0.4, 0.5) is 4.39 Å². The van der Waals surface area contributed by atoms with Gasteiger partial charge in [0.25, 0.3) is 0 Å². The number of carboxylic acids is 1. The zero-order valence-corrected chi connectivity index (χ0v) is 11.1. The summed E-state index contributed by atoms with van der Waals surface area (Å²) >= 11 is 6.80. The van der Waals surface area contributed by atoms with Crippen molar-refractivity contribution in [3.8, 4) is 0 Å². The van der Waals surface area contributed by atoms with E-state index < -0.39 is 5.97 Å². The van der Waals surface area contributed by atoms with Gasteiger partial charge in [-0.15, -0.1) is 0 Å². The largest absolute Gasteiger partial charge is 0.476 e. The number of aromatic nitrogens is 2.